The predicted molar refractivity (Wildman–Crippen MR) is 87.4 cm³/mol. The van der Waals surface area contributed by atoms with E-state index in [0.29, 0.717) is 17.3 Å². The molecule has 0 amide bonds. The zero-order valence-electron chi connectivity index (χ0n) is 10.9. The number of thiocarbonyl (C=S) groups is 1. The first kappa shape index (κ1) is 14.8. The monoisotopic (exact) mass is 351 g/mol. The summed E-state index contributed by atoms with van der Waals surface area (Å²) >= 11 is 8.36. The molecule has 0 radical (unpaired) electrons. The summed E-state index contributed by atoms with van der Waals surface area (Å²) in [4.78, 5) is 0.322. The average Bonchev–Trinajstić information content (AvgIpc) is 2.46. The summed E-state index contributed by atoms with van der Waals surface area (Å²) in [6.45, 7) is 0.454. The molecule has 0 saturated heterocycles. The van der Waals surface area contributed by atoms with Crippen LogP contribution in [0.3, 0.4) is 0 Å². The van der Waals surface area contributed by atoms with Crippen LogP contribution in [0, 0.1) is 0 Å². The first-order valence-electron chi connectivity index (χ1n) is 5.95. The van der Waals surface area contributed by atoms with Crippen molar-refractivity contribution in [3.8, 4) is 11.5 Å². The van der Waals surface area contributed by atoms with Crippen LogP contribution in [0.1, 0.15) is 11.1 Å². The van der Waals surface area contributed by atoms with Crippen molar-refractivity contribution in [3.63, 3.8) is 0 Å². The van der Waals surface area contributed by atoms with Crippen LogP contribution >= 0.6 is 28.1 Å². The second-order valence-electron chi connectivity index (χ2n) is 4.14. The van der Waals surface area contributed by atoms with E-state index in [9.17, 15) is 0 Å². The van der Waals surface area contributed by atoms with Crippen molar-refractivity contribution in [2.24, 2.45) is 5.73 Å². The van der Waals surface area contributed by atoms with E-state index in [1.54, 1.807) is 7.11 Å². The van der Waals surface area contributed by atoms with Gasteiger partial charge < -0.3 is 15.2 Å². The summed E-state index contributed by atoms with van der Waals surface area (Å²) in [6, 6.07) is 13.3. The topological polar surface area (TPSA) is 44.5 Å². The molecular weight excluding hydrogens is 338 g/mol. The van der Waals surface area contributed by atoms with E-state index in [1.807, 2.05) is 42.5 Å². The van der Waals surface area contributed by atoms with Crippen LogP contribution < -0.4 is 15.2 Å². The molecule has 0 aliphatic carbocycles. The second-order valence-corrected chi connectivity index (χ2v) is 5.50. The molecule has 0 saturated carbocycles. The summed E-state index contributed by atoms with van der Waals surface area (Å²) in [5.41, 5.74) is 7.36. The number of halogens is 1. The standard InChI is InChI=1S/C15H14BrNO2S/c1-18-14-8-10(2-7-13(14)15(17)20)9-19-12-5-3-11(16)4-6-12/h2-8H,9H2,1H3,(H2,17,20). The number of ether oxygens (including phenoxy) is 2. The Morgan fingerprint density at radius 2 is 1.90 bits per heavy atom. The minimum Gasteiger partial charge on any atom is -0.496 e. The van der Waals surface area contributed by atoms with Gasteiger partial charge in [-0.1, -0.05) is 34.2 Å². The number of rotatable bonds is 5. The molecule has 2 aromatic rings. The van der Waals surface area contributed by atoms with Crippen LogP contribution in [0.5, 0.6) is 11.5 Å². The molecule has 0 aliphatic heterocycles. The number of methoxy groups -OCH3 is 1. The molecular formula is C15H14BrNO2S. The normalized spacial score (nSPS) is 10.1. The smallest absolute Gasteiger partial charge is 0.129 e. The zero-order chi connectivity index (χ0) is 14.5. The lowest BCUT2D eigenvalue weighted by molar-refractivity contribution is 0.305. The molecule has 2 N–H and O–H groups in total. The molecule has 0 bridgehead atoms. The lowest BCUT2D eigenvalue weighted by Gasteiger charge is -2.11. The maximum atomic E-state index is 5.71. The van der Waals surface area contributed by atoms with Gasteiger partial charge in [-0.05, 0) is 42.0 Å². The molecule has 2 rings (SSSR count). The van der Waals surface area contributed by atoms with Gasteiger partial charge in [-0.2, -0.15) is 0 Å². The van der Waals surface area contributed by atoms with Crippen molar-refractivity contribution in [2.75, 3.05) is 7.11 Å². The van der Waals surface area contributed by atoms with Crippen LogP contribution in [-0.2, 0) is 6.61 Å². The fraction of sp³-hybridized carbons (Fsp3) is 0.133. The highest BCUT2D eigenvalue weighted by Crippen LogP contribution is 2.22. The van der Waals surface area contributed by atoms with Gasteiger partial charge in [0.15, 0.2) is 0 Å². The van der Waals surface area contributed by atoms with Gasteiger partial charge in [-0.25, -0.2) is 0 Å². The van der Waals surface area contributed by atoms with E-state index in [0.717, 1.165) is 21.3 Å². The number of nitrogens with two attached hydrogens (primary N) is 1. The van der Waals surface area contributed by atoms with Gasteiger partial charge in [0.25, 0.3) is 0 Å². The van der Waals surface area contributed by atoms with E-state index in [1.165, 1.54) is 0 Å². The van der Waals surface area contributed by atoms with E-state index in [4.69, 9.17) is 27.4 Å². The van der Waals surface area contributed by atoms with Crippen LogP contribution in [0.4, 0.5) is 0 Å². The molecule has 2 aromatic carbocycles. The van der Waals surface area contributed by atoms with Gasteiger partial charge in [0.05, 0.1) is 12.7 Å². The molecule has 20 heavy (non-hydrogen) atoms. The Labute approximate surface area is 131 Å². The third-order valence-electron chi connectivity index (χ3n) is 2.75. The quantitative estimate of drug-likeness (QED) is 0.834. The van der Waals surface area contributed by atoms with Gasteiger partial charge in [0, 0.05) is 4.47 Å². The van der Waals surface area contributed by atoms with Crippen LogP contribution in [-0.4, -0.2) is 12.1 Å². The van der Waals surface area contributed by atoms with Gasteiger partial charge in [0.2, 0.25) is 0 Å². The second kappa shape index (κ2) is 6.72. The highest BCUT2D eigenvalue weighted by Gasteiger charge is 2.07. The Kier molecular flexibility index (Phi) is 4.98. The number of benzene rings is 2. The van der Waals surface area contributed by atoms with Crippen molar-refractivity contribution in [1.29, 1.82) is 0 Å². The van der Waals surface area contributed by atoms with Gasteiger partial charge in [-0.3, -0.25) is 0 Å². The van der Waals surface area contributed by atoms with E-state index < -0.39 is 0 Å². The summed E-state index contributed by atoms with van der Waals surface area (Å²) in [6.07, 6.45) is 0. The average molecular weight is 352 g/mol. The van der Waals surface area contributed by atoms with Gasteiger partial charge in [0.1, 0.15) is 23.1 Å². The zero-order valence-corrected chi connectivity index (χ0v) is 13.3. The molecule has 0 aromatic heterocycles. The predicted octanol–water partition coefficient (Wildman–Crippen LogP) is 3.67. The Balaban J connectivity index is 2.10. The summed E-state index contributed by atoms with van der Waals surface area (Å²) in [5.74, 6) is 1.47. The lowest BCUT2D eigenvalue weighted by Crippen LogP contribution is -2.11. The van der Waals surface area contributed by atoms with Gasteiger partial charge in [-0.15, -0.1) is 0 Å². The third-order valence-corrected chi connectivity index (χ3v) is 3.50. The Bertz CT molecular complexity index is 614. The Hall–Kier alpha value is -1.59. The Morgan fingerprint density at radius 1 is 1.20 bits per heavy atom. The molecule has 0 aliphatic rings. The largest absolute Gasteiger partial charge is 0.496 e. The highest BCUT2D eigenvalue weighted by atomic mass is 79.9. The molecule has 104 valence electrons. The van der Waals surface area contributed by atoms with E-state index >= 15 is 0 Å². The third kappa shape index (κ3) is 3.71. The molecule has 0 spiro atoms. The van der Waals surface area contributed by atoms with Crippen LogP contribution in [0.15, 0.2) is 46.9 Å². The maximum Gasteiger partial charge on any atom is 0.129 e. The fourth-order valence-corrected chi connectivity index (χ4v) is 2.16. The summed E-state index contributed by atoms with van der Waals surface area (Å²) < 4.78 is 12.0. The molecule has 5 heteroatoms. The maximum absolute atomic E-state index is 5.71. The first-order chi connectivity index (χ1) is 9.60. The van der Waals surface area contributed by atoms with Crippen molar-refractivity contribution in [3.05, 3.63) is 58.1 Å². The first-order valence-corrected chi connectivity index (χ1v) is 7.15. The minimum absolute atomic E-state index is 0.322. The number of hydrogen-bond donors (Lipinski definition) is 1. The Morgan fingerprint density at radius 3 is 2.50 bits per heavy atom. The molecule has 0 fully saturated rings. The fourth-order valence-electron chi connectivity index (χ4n) is 1.73. The highest BCUT2D eigenvalue weighted by molar-refractivity contribution is 9.10. The van der Waals surface area contributed by atoms with Gasteiger partial charge >= 0.3 is 0 Å². The SMILES string of the molecule is COc1cc(COc2ccc(Br)cc2)ccc1C(N)=S. The number of hydrogen-bond acceptors (Lipinski definition) is 3. The van der Waals surface area contributed by atoms with Crippen molar-refractivity contribution >= 4 is 33.1 Å². The van der Waals surface area contributed by atoms with Crippen molar-refractivity contribution in [1.82, 2.24) is 0 Å². The van der Waals surface area contributed by atoms with Crippen LogP contribution in [0.25, 0.3) is 0 Å². The van der Waals surface area contributed by atoms with Crippen molar-refractivity contribution in [2.45, 2.75) is 6.61 Å². The lowest BCUT2D eigenvalue weighted by atomic mass is 10.1. The summed E-state index contributed by atoms with van der Waals surface area (Å²) in [7, 11) is 1.59. The molecule has 0 heterocycles. The van der Waals surface area contributed by atoms with Crippen molar-refractivity contribution < 1.29 is 9.47 Å². The van der Waals surface area contributed by atoms with Crippen LogP contribution in [0.2, 0.25) is 0 Å². The minimum atomic E-state index is 0.322. The summed E-state index contributed by atoms with van der Waals surface area (Å²) in [5, 5.41) is 0. The molecule has 3 nitrogen and oxygen atoms in total. The molecule has 0 unspecified atom stereocenters. The van der Waals surface area contributed by atoms with E-state index in [-0.39, 0.29) is 0 Å². The molecule has 0 atom stereocenters. The van der Waals surface area contributed by atoms with E-state index in [2.05, 4.69) is 15.9 Å².